The maximum absolute atomic E-state index is 12.2. The molecule has 108 valence electrons. The lowest BCUT2D eigenvalue weighted by atomic mass is 10.0. The number of thioether (sulfide) groups is 1. The third-order valence-corrected chi connectivity index (χ3v) is 3.67. The van der Waals surface area contributed by atoms with E-state index >= 15 is 0 Å². The molecule has 0 saturated heterocycles. The molecule has 0 fully saturated rings. The van der Waals surface area contributed by atoms with E-state index in [0.29, 0.717) is 6.54 Å². The average Bonchev–Trinajstić information content (AvgIpc) is 2.34. The van der Waals surface area contributed by atoms with E-state index in [-0.39, 0.29) is 35.2 Å². The van der Waals surface area contributed by atoms with Crippen molar-refractivity contribution in [2.24, 2.45) is 5.92 Å². The minimum Gasteiger partial charge on any atom is -0.396 e. The molecule has 1 rings (SSSR count). The Labute approximate surface area is 115 Å². The molecule has 0 spiro atoms. The van der Waals surface area contributed by atoms with Crippen LogP contribution >= 0.6 is 11.8 Å². The summed E-state index contributed by atoms with van der Waals surface area (Å²) in [6.07, 6.45) is 0. The molecular weight excluding hydrogens is 275 g/mol. The van der Waals surface area contributed by atoms with Gasteiger partial charge in [-0.2, -0.15) is 13.2 Å². The van der Waals surface area contributed by atoms with E-state index in [1.54, 1.807) is 12.1 Å². The van der Waals surface area contributed by atoms with Crippen molar-refractivity contribution in [2.75, 3.05) is 6.61 Å². The second kappa shape index (κ2) is 7.17. The molecule has 2 unspecified atom stereocenters. The van der Waals surface area contributed by atoms with Crippen molar-refractivity contribution in [3.63, 3.8) is 0 Å². The smallest absolute Gasteiger partial charge is 0.396 e. The lowest BCUT2D eigenvalue weighted by Gasteiger charge is -2.19. The molecule has 2 N–H and O–H groups in total. The Morgan fingerprint density at radius 2 is 1.79 bits per heavy atom. The van der Waals surface area contributed by atoms with E-state index < -0.39 is 5.51 Å². The summed E-state index contributed by atoms with van der Waals surface area (Å²) in [5, 5.41) is 12.2. The lowest BCUT2D eigenvalue weighted by molar-refractivity contribution is -0.0328. The Morgan fingerprint density at radius 1 is 1.21 bits per heavy atom. The summed E-state index contributed by atoms with van der Waals surface area (Å²) in [6, 6.07) is 6.44. The fourth-order valence-corrected chi connectivity index (χ4v) is 1.99. The van der Waals surface area contributed by atoms with Gasteiger partial charge in [-0.25, -0.2) is 0 Å². The minimum atomic E-state index is -4.25. The molecule has 0 aliphatic rings. The number of alkyl halides is 3. The first-order chi connectivity index (χ1) is 8.81. The molecule has 2 nitrogen and oxygen atoms in total. The lowest BCUT2D eigenvalue weighted by Crippen LogP contribution is -2.33. The van der Waals surface area contributed by atoms with Crippen LogP contribution in [0.1, 0.15) is 19.4 Å². The van der Waals surface area contributed by atoms with Crippen LogP contribution in [0.25, 0.3) is 0 Å². The maximum Gasteiger partial charge on any atom is 0.446 e. The average molecular weight is 293 g/mol. The van der Waals surface area contributed by atoms with E-state index in [1.165, 1.54) is 12.1 Å². The van der Waals surface area contributed by atoms with E-state index in [2.05, 4.69) is 5.32 Å². The summed E-state index contributed by atoms with van der Waals surface area (Å²) in [5.41, 5.74) is -3.33. The highest BCUT2D eigenvalue weighted by Crippen LogP contribution is 2.36. The molecular formula is C13H18F3NOS. The molecule has 0 radical (unpaired) electrons. The first-order valence-electron chi connectivity index (χ1n) is 6.00. The molecule has 0 heterocycles. The number of aliphatic hydroxyl groups is 1. The van der Waals surface area contributed by atoms with Crippen molar-refractivity contribution in [1.82, 2.24) is 5.32 Å². The van der Waals surface area contributed by atoms with Gasteiger partial charge in [-0.1, -0.05) is 19.1 Å². The zero-order valence-electron chi connectivity index (χ0n) is 10.9. The van der Waals surface area contributed by atoms with Crippen molar-refractivity contribution < 1.29 is 18.3 Å². The van der Waals surface area contributed by atoms with Crippen LogP contribution in [0.2, 0.25) is 0 Å². The van der Waals surface area contributed by atoms with Gasteiger partial charge in [-0.05, 0) is 42.3 Å². The summed E-state index contributed by atoms with van der Waals surface area (Å²) >= 11 is -0.111. The second-order valence-electron chi connectivity index (χ2n) is 4.52. The van der Waals surface area contributed by atoms with E-state index in [1.807, 2.05) is 13.8 Å². The number of hydrogen-bond donors (Lipinski definition) is 2. The number of aliphatic hydroxyl groups excluding tert-OH is 1. The third kappa shape index (κ3) is 6.31. The summed E-state index contributed by atoms with van der Waals surface area (Å²) in [7, 11) is 0. The van der Waals surface area contributed by atoms with Crippen molar-refractivity contribution >= 4 is 11.8 Å². The molecule has 0 bridgehead atoms. The number of benzene rings is 1. The van der Waals surface area contributed by atoms with Crippen LogP contribution in [0.15, 0.2) is 29.2 Å². The quantitative estimate of drug-likeness (QED) is 0.788. The van der Waals surface area contributed by atoms with Gasteiger partial charge in [0.25, 0.3) is 0 Å². The standard InChI is InChI=1S/C13H18F3NOS/c1-9(8-18)10(2)17-7-11-3-5-12(6-4-11)19-13(14,15)16/h3-6,9-10,17-18H,7-8H2,1-2H3. The maximum atomic E-state index is 12.2. The Morgan fingerprint density at radius 3 is 2.26 bits per heavy atom. The summed E-state index contributed by atoms with van der Waals surface area (Å²) in [5.74, 6) is 0.139. The number of rotatable bonds is 6. The van der Waals surface area contributed by atoms with Crippen molar-refractivity contribution in [1.29, 1.82) is 0 Å². The summed E-state index contributed by atoms with van der Waals surface area (Å²) in [4.78, 5) is 0.188. The first-order valence-corrected chi connectivity index (χ1v) is 6.82. The van der Waals surface area contributed by atoms with Crippen LogP contribution in [-0.2, 0) is 6.54 Å². The molecule has 1 aromatic rings. The van der Waals surface area contributed by atoms with Crippen molar-refractivity contribution in [2.45, 2.75) is 36.8 Å². The van der Waals surface area contributed by atoms with Crippen LogP contribution in [0.5, 0.6) is 0 Å². The fourth-order valence-electron chi connectivity index (χ4n) is 1.45. The second-order valence-corrected chi connectivity index (χ2v) is 5.66. The van der Waals surface area contributed by atoms with Gasteiger partial charge in [0.05, 0.1) is 0 Å². The van der Waals surface area contributed by atoms with Crippen LogP contribution in [-0.4, -0.2) is 23.3 Å². The molecule has 0 amide bonds. The van der Waals surface area contributed by atoms with E-state index in [4.69, 9.17) is 5.11 Å². The Hall–Kier alpha value is -0.720. The third-order valence-electron chi connectivity index (χ3n) is 2.93. The molecule has 0 saturated carbocycles. The summed E-state index contributed by atoms with van der Waals surface area (Å²) < 4.78 is 36.5. The van der Waals surface area contributed by atoms with Crippen LogP contribution in [0.3, 0.4) is 0 Å². The van der Waals surface area contributed by atoms with Crippen molar-refractivity contribution in [3.8, 4) is 0 Å². The number of hydrogen-bond acceptors (Lipinski definition) is 3. The van der Waals surface area contributed by atoms with Crippen molar-refractivity contribution in [3.05, 3.63) is 29.8 Å². The topological polar surface area (TPSA) is 32.3 Å². The highest BCUT2D eigenvalue weighted by molar-refractivity contribution is 8.00. The Balaban J connectivity index is 2.49. The summed E-state index contributed by atoms with van der Waals surface area (Å²) in [6.45, 7) is 4.58. The SMILES string of the molecule is CC(CO)C(C)NCc1ccc(SC(F)(F)F)cc1. The zero-order chi connectivity index (χ0) is 14.5. The van der Waals surface area contributed by atoms with Gasteiger partial charge >= 0.3 is 5.51 Å². The zero-order valence-corrected chi connectivity index (χ0v) is 11.7. The largest absolute Gasteiger partial charge is 0.446 e. The van der Waals surface area contributed by atoms with Gasteiger partial charge in [-0.3, -0.25) is 0 Å². The molecule has 1 aromatic carbocycles. The normalized spacial score (nSPS) is 15.3. The van der Waals surface area contributed by atoms with Crippen LogP contribution < -0.4 is 5.32 Å². The Kier molecular flexibility index (Phi) is 6.16. The van der Waals surface area contributed by atoms with Gasteiger partial charge in [0.2, 0.25) is 0 Å². The highest BCUT2D eigenvalue weighted by Gasteiger charge is 2.28. The minimum absolute atomic E-state index is 0.106. The molecule has 0 aromatic heterocycles. The van der Waals surface area contributed by atoms with Gasteiger partial charge in [0.15, 0.2) is 0 Å². The van der Waals surface area contributed by atoms with E-state index in [0.717, 1.165) is 5.56 Å². The number of halogens is 3. The molecule has 19 heavy (non-hydrogen) atoms. The van der Waals surface area contributed by atoms with Gasteiger partial charge in [0.1, 0.15) is 0 Å². The van der Waals surface area contributed by atoms with Crippen LogP contribution in [0, 0.1) is 5.92 Å². The number of nitrogens with one attached hydrogen (secondary N) is 1. The first kappa shape index (κ1) is 16.3. The molecule has 6 heteroatoms. The predicted octanol–water partition coefficient (Wildman–Crippen LogP) is 3.41. The van der Waals surface area contributed by atoms with Gasteiger partial charge in [-0.15, -0.1) is 0 Å². The molecule has 0 aliphatic heterocycles. The highest BCUT2D eigenvalue weighted by atomic mass is 32.2. The fraction of sp³-hybridized carbons (Fsp3) is 0.538. The molecule has 0 aliphatic carbocycles. The van der Waals surface area contributed by atoms with E-state index in [9.17, 15) is 13.2 Å². The van der Waals surface area contributed by atoms with Gasteiger partial charge < -0.3 is 10.4 Å². The monoisotopic (exact) mass is 293 g/mol. The van der Waals surface area contributed by atoms with Gasteiger partial charge in [0, 0.05) is 24.1 Å². The molecule has 2 atom stereocenters. The van der Waals surface area contributed by atoms with Crippen LogP contribution in [0.4, 0.5) is 13.2 Å². The Bertz CT molecular complexity index is 380. The predicted molar refractivity (Wildman–Crippen MR) is 70.9 cm³/mol.